The van der Waals surface area contributed by atoms with Crippen molar-refractivity contribution in [1.29, 1.82) is 0 Å². The van der Waals surface area contributed by atoms with Gasteiger partial charge in [0.15, 0.2) is 0 Å². The molecule has 1 amide bonds. The highest BCUT2D eigenvalue weighted by Crippen LogP contribution is 2.22. The Bertz CT molecular complexity index is 743. The molecule has 0 aliphatic heterocycles. The molecule has 0 atom stereocenters. The van der Waals surface area contributed by atoms with Crippen molar-refractivity contribution in [2.24, 2.45) is 0 Å². The van der Waals surface area contributed by atoms with Gasteiger partial charge in [-0.3, -0.25) is 9.59 Å². The molecular formula is C21H25NO4. The number of hydrogen-bond donors (Lipinski definition) is 1. The lowest BCUT2D eigenvalue weighted by atomic mass is 9.87. The maximum atomic E-state index is 12.0. The second-order valence-electron chi connectivity index (χ2n) is 7.02. The van der Waals surface area contributed by atoms with E-state index in [-0.39, 0.29) is 24.5 Å². The van der Waals surface area contributed by atoms with Crippen LogP contribution in [0.25, 0.3) is 0 Å². The van der Waals surface area contributed by atoms with Gasteiger partial charge < -0.3 is 14.8 Å². The normalized spacial score (nSPS) is 10.9. The molecule has 0 aliphatic rings. The Morgan fingerprint density at radius 1 is 0.962 bits per heavy atom. The van der Waals surface area contributed by atoms with E-state index in [9.17, 15) is 9.59 Å². The fourth-order valence-electron chi connectivity index (χ4n) is 2.31. The van der Waals surface area contributed by atoms with Crippen molar-refractivity contribution >= 4 is 11.9 Å². The van der Waals surface area contributed by atoms with Crippen molar-refractivity contribution in [2.45, 2.75) is 32.8 Å². The van der Waals surface area contributed by atoms with E-state index >= 15 is 0 Å². The van der Waals surface area contributed by atoms with Crippen molar-refractivity contribution in [3.63, 3.8) is 0 Å². The first-order valence-electron chi connectivity index (χ1n) is 8.47. The van der Waals surface area contributed by atoms with Crippen LogP contribution in [0.5, 0.6) is 5.75 Å². The zero-order valence-corrected chi connectivity index (χ0v) is 15.7. The molecule has 26 heavy (non-hydrogen) atoms. The number of carbonyl (C=O) groups is 2. The van der Waals surface area contributed by atoms with Gasteiger partial charge in [-0.1, -0.05) is 45.0 Å². The van der Waals surface area contributed by atoms with Crippen LogP contribution in [-0.4, -0.2) is 25.5 Å². The Labute approximate surface area is 154 Å². The summed E-state index contributed by atoms with van der Waals surface area (Å²) in [6, 6.07) is 14.6. The van der Waals surface area contributed by atoms with Crippen molar-refractivity contribution in [2.75, 3.05) is 13.7 Å². The molecule has 0 heterocycles. The summed E-state index contributed by atoms with van der Waals surface area (Å²) in [5.41, 5.74) is 2.67. The van der Waals surface area contributed by atoms with E-state index in [2.05, 4.69) is 26.1 Å². The van der Waals surface area contributed by atoms with Gasteiger partial charge in [0.1, 0.15) is 18.9 Å². The third-order valence-electron chi connectivity index (χ3n) is 3.97. The number of carbonyl (C=O) groups excluding carboxylic acids is 2. The van der Waals surface area contributed by atoms with Gasteiger partial charge in [-0.15, -0.1) is 0 Å². The molecule has 0 aliphatic carbocycles. The minimum atomic E-state index is -0.480. The van der Waals surface area contributed by atoms with Gasteiger partial charge in [0.25, 0.3) is 5.91 Å². The van der Waals surface area contributed by atoms with Crippen molar-refractivity contribution in [3.8, 4) is 5.75 Å². The number of amides is 1. The third kappa shape index (κ3) is 5.62. The van der Waals surface area contributed by atoms with Gasteiger partial charge in [-0.05, 0) is 40.8 Å². The lowest BCUT2D eigenvalue weighted by Crippen LogP contribution is -2.30. The van der Waals surface area contributed by atoms with Gasteiger partial charge >= 0.3 is 5.97 Å². The smallest absolute Gasteiger partial charge is 0.325 e. The summed E-state index contributed by atoms with van der Waals surface area (Å²) >= 11 is 0. The number of methoxy groups -OCH3 is 1. The second kappa shape index (κ2) is 8.52. The average Bonchev–Trinajstić information content (AvgIpc) is 2.64. The molecule has 0 radical (unpaired) electrons. The van der Waals surface area contributed by atoms with E-state index in [1.54, 1.807) is 31.4 Å². The molecule has 0 unspecified atom stereocenters. The molecule has 0 spiro atoms. The van der Waals surface area contributed by atoms with Crippen molar-refractivity contribution in [3.05, 3.63) is 65.2 Å². The molecule has 2 rings (SSSR count). The maximum Gasteiger partial charge on any atom is 0.325 e. The standard InChI is InChI=1S/C21H25NO4/c1-21(2,3)17-9-5-15(6-10-17)14-26-19(23)13-22-20(24)16-7-11-18(25-4)12-8-16/h5-12H,13-14H2,1-4H3,(H,22,24). The Kier molecular flexibility index (Phi) is 6.39. The van der Waals surface area contributed by atoms with E-state index < -0.39 is 5.97 Å². The molecular weight excluding hydrogens is 330 g/mol. The summed E-state index contributed by atoms with van der Waals surface area (Å²) in [5.74, 6) is -0.149. The number of nitrogens with one attached hydrogen (secondary N) is 1. The molecule has 1 N–H and O–H groups in total. The van der Waals surface area contributed by atoms with Crippen LogP contribution in [0, 0.1) is 0 Å². The Hall–Kier alpha value is -2.82. The van der Waals surface area contributed by atoms with Crippen molar-refractivity contribution < 1.29 is 19.1 Å². The van der Waals surface area contributed by atoms with Crippen molar-refractivity contribution in [1.82, 2.24) is 5.32 Å². The Morgan fingerprint density at radius 3 is 2.12 bits per heavy atom. The quantitative estimate of drug-likeness (QED) is 0.806. The van der Waals surface area contributed by atoms with E-state index in [1.165, 1.54) is 5.56 Å². The first-order valence-corrected chi connectivity index (χ1v) is 8.47. The first kappa shape index (κ1) is 19.5. The molecule has 0 saturated carbocycles. The predicted octanol–water partition coefficient (Wildman–Crippen LogP) is 3.47. The van der Waals surface area contributed by atoms with Crippen LogP contribution in [0.1, 0.15) is 42.3 Å². The van der Waals surface area contributed by atoms with Crippen LogP contribution in [0.2, 0.25) is 0 Å². The fraction of sp³-hybridized carbons (Fsp3) is 0.333. The van der Waals surface area contributed by atoms with Crippen LogP contribution in [0.4, 0.5) is 0 Å². The SMILES string of the molecule is COc1ccc(C(=O)NCC(=O)OCc2ccc(C(C)(C)C)cc2)cc1. The van der Waals surface area contributed by atoms with E-state index in [0.717, 1.165) is 5.56 Å². The lowest BCUT2D eigenvalue weighted by Gasteiger charge is -2.19. The molecule has 0 saturated heterocycles. The van der Waals surface area contributed by atoms with Gasteiger partial charge in [-0.25, -0.2) is 0 Å². The summed E-state index contributed by atoms with van der Waals surface area (Å²) in [5, 5.41) is 2.55. The van der Waals surface area contributed by atoms with Crippen LogP contribution < -0.4 is 10.1 Å². The van der Waals surface area contributed by atoms with Gasteiger partial charge in [0.05, 0.1) is 7.11 Å². The first-order chi connectivity index (χ1) is 12.3. The second-order valence-corrected chi connectivity index (χ2v) is 7.02. The summed E-state index contributed by atoms with van der Waals surface area (Å²) in [6.45, 7) is 6.45. The molecule has 5 heteroatoms. The number of hydrogen-bond acceptors (Lipinski definition) is 4. The zero-order valence-electron chi connectivity index (χ0n) is 15.7. The Balaban J connectivity index is 1.78. The van der Waals surface area contributed by atoms with Crippen LogP contribution >= 0.6 is 0 Å². The summed E-state index contributed by atoms with van der Waals surface area (Å²) in [7, 11) is 1.56. The number of rotatable bonds is 6. The number of ether oxygens (including phenoxy) is 2. The molecule has 2 aromatic carbocycles. The highest BCUT2D eigenvalue weighted by molar-refractivity contribution is 5.96. The van der Waals surface area contributed by atoms with Crippen LogP contribution in [-0.2, 0) is 21.6 Å². The highest BCUT2D eigenvalue weighted by Gasteiger charge is 2.13. The van der Waals surface area contributed by atoms with E-state index in [0.29, 0.717) is 11.3 Å². The fourth-order valence-corrected chi connectivity index (χ4v) is 2.31. The van der Waals surface area contributed by atoms with E-state index in [1.807, 2.05) is 24.3 Å². The van der Waals surface area contributed by atoms with Gasteiger partial charge in [0.2, 0.25) is 0 Å². The Morgan fingerprint density at radius 2 is 1.58 bits per heavy atom. The monoisotopic (exact) mass is 355 g/mol. The molecule has 5 nitrogen and oxygen atoms in total. The van der Waals surface area contributed by atoms with E-state index in [4.69, 9.17) is 9.47 Å². The van der Waals surface area contributed by atoms with Gasteiger partial charge in [0, 0.05) is 5.56 Å². The minimum absolute atomic E-state index is 0.0843. The molecule has 0 aromatic heterocycles. The molecule has 138 valence electrons. The molecule has 0 bridgehead atoms. The molecule has 0 fully saturated rings. The topological polar surface area (TPSA) is 64.6 Å². The zero-order chi connectivity index (χ0) is 19.2. The average molecular weight is 355 g/mol. The third-order valence-corrected chi connectivity index (χ3v) is 3.97. The summed E-state index contributed by atoms with van der Waals surface area (Å²) < 4.78 is 10.2. The number of esters is 1. The maximum absolute atomic E-state index is 12.0. The molecule has 2 aromatic rings. The van der Waals surface area contributed by atoms with Gasteiger partial charge in [-0.2, -0.15) is 0 Å². The summed E-state index contributed by atoms with van der Waals surface area (Å²) in [6.07, 6.45) is 0. The van der Waals surface area contributed by atoms with Crippen LogP contribution in [0.3, 0.4) is 0 Å². The van der Waals surface area contributed by atoms with Crippen LogP contribution in [0.15, 0.2) is 48.5 Å². The minimum Gasteiger partial charge on any atom is -0.497 e. The largest absolute Gasteiger partial charge is 0.497 e. The number of benzene rings is 2. The predicted molar refractivity (Wildman–Crippen MR) is 100 cm³/mol. The highest BCUT2D eigenvalue weighted by atomic mass is 16.5. The summed E-state index contributed by atoms with van der Waals surface area (Å²) in [4.78, 5) is 23.8. The lowest BCUT2D eigenvalue weighted by molar-refractivity contribution is -0.143.